The molecule has 2 N–H and O–H groups in total. The number of aliphatic hydroxyl groups excluding tert-OH is 1. The molecule has 2 heterocycles. The van der Waals surface area contributed by atoms with E-state index in [4.69, 9.17) is 0 Å². The fraction of sp³-hybridized carbons (Fsp3) is 0.467. The zero-order valence-corrected chi connectivity index (χ0v) is 13.3. The predicted octanol–water partition coefficient (Wildman–Crippen LogP) is 2.33. The van der Waals surface area contributed by atoms with E-state index < -0.39 is 24.6 Å². The van der Waals surface area contributed by atoms with Crippen molar-refractivity contribution in [2.75, 3.05) is 18.4 Å². The molecule has 0 radical (unpaired) electrons. The molecule has 0 spiro atoms. The second-order valence-electron chi connectivity index (χ2n) is 5.69. The van der Waals surface area contributed by atoms with Gasteiger partial charge in [0.15, 0.2) is 5.13 Å². The second kappa shape index (κ2) is 6.10. The van der Waals surface area contributed by atoms with Crippen molar-refractivity contribution >= 4 is 32.6 Å². The summed E-state index contributed by atoms with van der Waals surface area (Å²) in [5.74, 6) is -3.57. The van der Waals surface area contributed by atoms with Crippen molar-refractivity contribution in [1.82, 2.24) is 9.88 Å². The Balaban J connectivity index is 1.68. The number of carbonyl (C=O) groups is 1. The number of amides is 1. The minimum absolute atomic E-state index is 0.0498. The number of aromatic nitrogens is 1. The average Bonchev–Trinajstić information content (AvgIpc) is 2.91. The number of nitrogens with one attached hydrogen (secondary N) is 1. The Bertz CT molecular complexity index is 689. The molecule has 0 saturated carbocycles. The van der Waals surface area contributed by atoms with Gasteiger partial charge in [-0.05, 0) is 25.5 Å². The van der Waals surface area contributed by atoms with E-state index in [9.17, 15) is 18.7 Å². The molecule has 1 saturated heterocycles. The lowest BCUT2D eigenvalue weighted by atomic mass is 10.0. The van der Waals surface area contributed by atoms with E-state index in [2.05, 4.69) is 10.3 Å². The molecule has 1 amide bonds. The molecule has 124 valence electrons. The van der Waals surface area contributed by atoms with Gasteiger partial charge in [0.05, 0.1) is 22.8 Å². The Kier molecular flexibility index (Phi) is 4.31. The maximum absolute atomic E-state index is 13.6. The summed E-state index contributed by atoms with van der Waals surface area (Å²) in [4.78, 5) is 18.0. The molecule has 2 atom stereocenters. The maximum atomic E-state index is 13.6. The molecular weight excluding hydrogens is 324 g/mol. The van der Waals surface area contributed by atoms with Crippen LogP contribution in [0.4, 0.5) is 13.9 Å². The number of carbonyl (C=O) groups excluding carboxylic acids is 1. The van der Waals surface area contributed by atoms with Crippen LogP contribution in [0.2, 0.25) is 0 Å². The lowest BCUT2D eigenvalue weighted by molar-refractivity contribution is -0.158. The number of nitrogens with zero attached hydrogens (tertiary/aromatic N) is 2. The zero-order chi connectivity index (χ0) is 16.6. The Labute approximate surface area is 135 Å². The summed E-state index contributed by atoms with van der Waals surface area (Å²) in [6.45, 7) is 1.21. The number of likely N-dealkylation sites (tertiary alicyclic amines) is 1. The number of thiazole rings is 1. The first-order valence-electron chi connectivity index (χ1n) is 7.33. The summed E-state index contributed by atoms with van der Waals surface area (Å²) < 4.78 is 28.2. The van der Waals surface area contributed by atoms with Crippen LogP contribution < -0.4 is 5.32 Å². The third-order valence-corrected chi connectivity index (χ3v) is 4.99. The van der Waals surface area contributed by atoms with Gasteiger partial charge in [-0.15, -0.1) is 0 Å². The Morgan fingerprint density at radius 2 is 2.26 bits per heavy atom. The van der Waals surface area contributed by atoms with Gasteiger partial charge in [-0.3, -0.25) is 9.69 Å². The topological polar surface area (TPSA) is 65.5 Å². The number of piperidine rings is 1. The summed E-state index contributed by atoms with van der Waals surface area (Å²) in [5.41, 5.74) is 0.785. The largest absolute Gasteiger partial charge is 0.387 e. The van der Waals surface area contributed by atoms with Crippen molar-refractivity contribution in [2.24, 2.45) is 0 Å². The maximum Gasteiger partial charge on any atom is 0.285 e. The molecule has 1 aromatic heterocycles. The summed E-state index contributed by atoms with van der Waals surface area (Å²) >= 11 is 1.34. The summed E-state index contributed by atoms with van der Waals surface area (Å²) in [5, 5.41) is 12.4. The molecular formula is C15H17F2N3O2S. The lowest BCUT2D eigenvalue weighted by Gasteiger charge is -2.38. The molecule has 23 heavy (non-hydrogen) atoms. The third kappa shape index (κ3) is 3.34. The zero-order valence-electron chi connectivity index (χ0n) is 12.5. The summed E-state index contributed by atoms with van der Waals surface area (Å²) in [6, 6.07) is 6.77. The first-order chi connectivity index (χ1) is 10.9. The van der Waals surface area contributed by atoms with E-state index in [1.54, 1.807) is 6.92 Å². The monoisotopic (exact) mass is 341 g/mol. The quantitative estimate of drug-likeness (QED) is 0.899. The van der Waals surface area contributed by atoms with Gasteiger partial charge in [0.25, 0.3) is 5.92 Å². The van der Waals surface area contributed by atoms with E-state index in [-0.39, 0.29) is 18.9 Å². The highest BCUT2D eigenvalue weighted by Gasteiger charge is 2.45. The van der Waals surface area contributed by atoms with Crippen molar-refractivity contribution < 1.29 is 18.7 Å². The van der Waals surface area contributed by atoms with Gasteiger partial charge in [-0.25, -0.2) is 13.8 Å². The number of para-hydroxylation sites is 1. The third-order valence-electron chi connectivity index (χ3n) is 4.04. The first-order valence-corrected chi connectivity index (χ1v) is 8.15. The first kappa shape index (κ1) is 16.2. The number of aliphatic hydroxyl groups is 1. The van der Waals surface area contributed by atoms with E-state index in [0.717, 1.165) is 10.2 Å². The van der Waals surface area contributed by atoms with Crippen molar-refractivity contribution in [3.05, 3.63) is 24.3 Å². The molecule has 1 aliphatic rings. The number of benzene rings is 1. The van der Waals surface area contributed by atoms with Crippen LogP contribution in [0.5, 0.6) is 0 Å². The van der Waals surface area contributed by atoms with Gasteiger partial charge >= 0.3 is 0 Å². The minimum Gasteiger partial charge on any atom is -0.387 e. The van der Waals surface area contributed by atoms with Crippen LogP contribution in [0.3, 0.4) is 0 Å². The van der Waals surface area contributed by atoms with Crippen LogP contribution in [0.25, 0.3) is 10.2 Å². The smallest absolute Gasteiger partial charge is 0.285 e. The molecule has 1 fully saturated rings. The van der Waals surface area contributed by atoms with Crippen LogP contribution in [-0.2, 0) is 4.79 Å². The summed E-state index contributed by atoms with van der Waals surface area (Å²) in [6.07, 6.45) is -1.69. The molecule has 8 heteroatoms. The number of hydrogen-bond acceptors (Lipinski definition) is 5. The molecule has 2 aromatic rings. The number of fused-ring (bicyclic) bond motifs is 1. The number of rotatable bonds is 3. The fourth-order valence-corrected chi connectivity index (χ4v) is 3.46. The van der Waals surface area contributed by atoms with E-state index in [1.165, 1.54) is 16.2 Å². The van der Waals surface area contributed by atoms with Crippen molar-refractivity contribution in [1.29, 1.82) is 0 Å². The van der Waals surface area contributed by atoms with Crippen molar-refractivity contribution in [3.63, 3.8) is 0 Å². The highest BCUT2D eigenvalue weighted by molar-refractivity contribution is 7.22. The lowest BCUT2D eigenvalue weighted by Crippen LogP contribution is -2.56. The van der Waals surface area contributed by atoms with Gasteiger partial charge in [0.1, 0.15) is 6.10 Å². The van der Waals surface area contributed by atoms with E-state index in [0.29, 0.717) is 5.13 Å². The fourth-order valence-electron chi connectivity index (χ4n) is 2.59. The number of halogens is 2. The Morgan fingerprint density at radius 1 is 1.52 bits per heavy atom. The number of anilines is 1. The molecule has 0 unspecified atom stereocenters. The highest BCUT2D eigenvalue weighted by Crippen LogP contribution is 2.29. The SMILES string of the molecule is C[C@@H](C(=O)Nc1nc2ccccc2s1)N1CC[C@H](O)C(F)(F)C1. The predicted molar refractivity (Wildman–Crippen MR) is 84.9 cm³/mol. The van der Waals surface area contributed by atoms with Gasteiger partial charge < -0.3 is 10.4 Å². The number of alkyl halides is 2. The minimum atomic E-state index is -3.19. The average molecular weight is 341 g/mol. The van der Waals surface area contributed by atoms with Crippen molar-refractivity contribution in [3.8, 4) is 0 Å². The highest BCUT2D eigenvalue weighted by atomic mass is 32.1. The van der Waals surface area contributed by atoms with E-state index >= 15 is 0 Å². The standard InChI is InChI=1S/C15H17F2N3O2S/c1-9(20-7-6-12(21)15(16,17)8-20)13(22)19-14-18-10-4-2-3-5-11(10)23-14/h2-5,9,12,21H,6-8H2,1H3,(H,18,19,22)/t9-,12-/m0/s1. The van der Waals surface area contributed by atoms with Gasteiger partial charge in [0, 0.05) is 6.54 Å². The van der Waals surface area contributed by atoms with Crippen LogP contribution in [0, 0.1) is 0 Å². The molecule has 0 bridgehead atoms. The molecule has 1 aliphatic heterocycles. The molecule has 5 nitrogen and oxygen atoms in total. The van der Waals surface area contributed by atoms with Crippen LogP contribution in [0.1, 0.15) is 13.3 Å². The summed E-state index contributed by atoms with van der Waals surface area (Å²) in [7, 11) is 0. The Hall–Kier alpha value is -1.64. The normalized spacial score (nSPS) is 22.9. The van der Waals surface area contributed by atoms with Crippen LogP contribution >= 0.6 is 11.3 Å². The van der Waals surface area contributed by atoms with Gasteiger partial charge in [0.2, 0.25) is 5.91 Å². The molecule has 0 aliphatic carbocycles. The van der Waals surface area contributed by atoms with Crippen molar-refractivity contribution in [2.45, 2.75) is 31.4 Å². The second-order valence-corrected chi connectivity index (χ2v) is 6.72. The van der Waals surface area contributed by atoms with E-state index in [1.807, 2.05) is 24.3 Å². The van der Waals surface area contributed by atoms with Gasteiger partial charge in [-0.2, -0.15) is 0 Å². The van der Waals surface area contributed by atoms with Crippen LogP contribution in [-0.4, -0.2) is 52.1 Å². The number of hydrogen-bond donors (Lipinski definition) is 2. The molecule has 3 rings (SSSR count). The molecule has 1 aromatic carbocycles. The van der Waals surface area contributed by atoms with Crippen LogP contribution in [0.15, 0.2) is 24.3 Å². The van der Waals surface area contributed by atoms with Gasteiger partial charge in [-0.1, -0.05) is 23.5 Å². The Morgan fingerprint density at radius 3 is 2.96 bits per heavy atom.